The lowest BCUT2D eigenvalue weighted by Gasteiger charge is -2.17. The predicted octanol–water partition coefficient (Wildman–Crippen LogP) is 4.14. The van der Waals surface area contributed by atoms with Gasteiger partial charge in [-0.15, -0.1) is 11.3 Å². The van der Waals surface area contributed by atoms with Crippen LogP contribution in [0.15, 0.2) is 24.4 Å². The van der Waals surface area contributed by atoms with Crippen molar-refractivity contribution in [3.63, 3.8) is 0 Å². The van der Waals surface area contributed by atoms with Gasteiger partial charge in [-0.25, -0.2) is 9.37 Å². The Labute approximate surface area is 121 Å². The monoisotopic (exact) mass is 298 g/mol. The average Bonchev–Trinajstić information content (AvgIpc) is 2.79. The third kappa shape index (κ3) is 3.53. The Balaban J connectivity index is 2.26. The number of aryl methyl sites for hydroxylation is 1. The number of rotatable bonds is 5. The maximum absolute atomic E-state index is 13.8. The molecule has 0 bridgehead atoms. The van der Waals surface area contributed by atoms with E-state index in [0.717, 1.165) is 16.4 Å². The minimum Gasteiger partial charge on any atom is -0.309 e. The first-order valence-electron chi connectivity index (χ1n) is 6.20. The van der Waals surface area contributed by atoms with Crippen molar-refractivity contribution in [2.75, 3.05) is 6.54 Å². The lowest BCUT2D eigenvalue weighted by atomic mass is 10.0. The number of hydrogen-bond acceptors (Lipinski definition) is 3. The van der Waals surface area contributed by atoms with Gasteiger partial charge in [-0.2, -0.15) is 0 Å². The molecule has 0 saturated carbocycles. The average molecular weight is 299 g/mol. The van der Waals surface area contributed by atoms with E-state index in [2.05, 4.69) is 10.3 Å². The number of hydrogen-bond donors (Lipinski definition) is 1. The van der Waals surface area contributed by atoms with Gasteiger partial charge in [0.2, 0.25) is 0 Å². The molecule has 5 heteroatoms. The number of likely N-dealkylation sites (N-methyl/N-ethyl adjacent to an activating group) is 1. The molecule has 1 aromatic heterocycles. The molecule has 2 aromatic rings. The molecule has 1 unspecified atom stereocenters. The Hall–Kier alpha value is -0.970. The summed E-state index contributed by atoms with van der Waals surface area (Å²) in [4.78, 5) is 5.37. The zero-order valence-corrected chi connectivity index (χ0v) is 12.5. The van der Waals surface area contributed by atoms with E-state index >= 15 is 0 Å². The molecule has 1 N–H and O–H groups in total. The number of thiazole rings is 1. The molecule has 0 aliphatic rings. The summed E-state index contributed by atoms with van der Waals surface area (Å²) in [6, 6.07) is 4.84. The number of nitrogens with zero attached hydrogens (tertiary/aromatic N) is 1. The first-order valence-corrected chi connectivity index (χ1v) is 7.39. The van der Waals surface area contributed by atoms with E-state index in [-0.39, 0.29) is 11.9 Å². The molecule has 0 amide bonds. The Morgan fingerprint density at radius 3 is 2.84 bits per heavy atom. The van der Waals surface area contributed by atoms with Crippen LogP contribution in [0.5, 0.6) is 0 Å². The first-order chi connectivity index (χ1) is 9.11. The van der Waals surface area contributed by atoms with Crippen LogP contribution in [0.25, 0.3) is 0 Å². The predicted molar refractivity (Wildman–Crippen MR) is 78.4 cm³/mol. The number of halogens is 2. The first kappa shape index (κ1) is 14.4. The number of aromatic nitrogens is 1. The second kappa shape index (κ2) is 6.46. The Kier molecular flexibility index (Phi) is 4.91. The van der Waals surface area contributed by atoms with E-state index in [9.17, 15) is 4.39 Å². The van der Waals surface area contributed by atoms with Gasteiger partial charge in [0, 0.05) is 27.7 Å². The SMILES string of the molecule is CCNC(Cc1c(F)cccc1Cl)c1cnc(C)s1. The van der Waals surface area contributed by atoms with Crippen LogP contribution in [-0.4, -0.2) is 11.5 Å². The Bertz CT molecular complexity index is 536. The molecule has 0 radical (unpaired) electrons. The van der Waals surface area contributed by atoms with E-state index in [1.54, 1.807) is 23.5 Å². The molecule has 1 atom stereocenters. The summed E-state index contributed by atoms with van der Waals surface area (Å²) in [5.74, 6) is -0.253. The standard InChI is InChI=1S/C14H16ClFN2S/c1-3-17-13(14-8-18-9(2)19-14)7-10-11(15)5-4-6-12(10)16/h4-6,8,13,17H,3,7H2,1-2H3. The molecule has 19 heavy (non-hydrogen) atoms. The van der Waals surface area contributed by atoms with Crippen LogP contribution >= 0.6 is 22.9 Å². The molecule has 1 heterocycles. The van der Waals surface area contributed by atoms with E-state index in [0.29, 0.717) is 17.0 Å². The lowest BCUT2D eigenvalue weighted by Crippen LogP contribution is -2.22. The Morgan fingerprint density at radius 2 is 2.26 bits per heavy atom. The van der Waals surface area contributed by atoms with Crippen molar-refractivity contribution in [1.82, 2.24) is 10.3 Å². The summed E-state index contributed by atoms with van der Waals surface area (Å²) >= 11 is 7.71. The highest BCUT2D eigenvalue weighted by Gasteiger charge is 2.17. The zero-order chi connectivity index (χ0) is 13.8. The molecule has 2 nitrogen and oxygen atoms in total. The molecule has 0 fully saturated rings. The molecule has 102 valence electrons. The van der Waals surface area contributed by atoms with E-state index < -0.39 is 0 Å². The van der Waals surface area contributed by atoms with Gasteiger partial charge < -0.3 is 5.32 Å². The van der Waals surface area contributed by atoms with Crippen molar-refractivity contribution in [2.45, 2.75) is 26.3 Å². The minimum absolute atomic E-state index is 0.0469. The summed E-state index contributed by atoms with van der Waals surface area (Å²) in [5.41, 5.74) is 0.557. The normalized spacial score (nSPS) is 12.6. The summed E-state index contributed by atoms with van der Waals surface area (Å²) in [6.07, 6.45) is 2.38. The fourth-order valence-corrected chi connectivity index (χ4v) is 3.09. The van der Waals surface area contributed by atoms with Gasteiger partial charge in [0.1, 0.15) is 5.82 Å². The van der Waals surface area contributed by atoms with Gasteiger partial charge in [0.05, 0.1) is 5.01 Å². The zero-order valence-electron chi connectivity index (χ0n) is 10.9. The van der Waals surface area contributed by atoms with Gasteiger partial charge in [0.15, 0.2) is 0 Å². The van der Waals surface area contributed by atoms with Crippen molar-refractivity contribution in [1.29, 1.82) is 0 Å². The largest absolute Gasteiger partial charge is 0.309 e. The van der Waals surface area contributed by atoms with Crippen molar-refractivity contribution < 1.29 is 4.39 Å². The highest BCUT2D eigenvalue weighted by Crippen LogP contribution is 2.28. The fourth-order valence-electron chi connectivity index (χ4n) is 1.99. The van der Waals surface area contributed by atoms with E-state index in [1.807, 2.05) is 20.0 Å². The fraction of sp³-hybridized carbons (Fsp3) is 0.357. The van der Waals surface area contributed by atoms with Gasteiger partial charge in [-0.3, -0.25) is 0 Å². The van der Waals surface area contributed by atoms with Gasteiger partial charge in [-0.05, 0) is 32.0 Å². The quantitative estimate of drug-likeness (QED) is 0.897. The van der Waals surface area contributed by atoms with Crippen LogP contribution in [-0.2, 0) is 6.42 Å². The summed E-state index contributed by atoms with van der Waals surface area (Å²) in [7, 11) is 0. The topological polar surface area (TPSA) is 24.9 Å². The molecule has 1 aromatic carbocycles. The van der Waals surface area contributed by atoms with Crippen LogP contribution in [0.4, 0.5) is 4.39 Å². The summed E-state index contributed by atoms with van der Waals surface area (Å²) in [5, 5.41) is 4.85. The maximum atomic E-state index is 13.8. The van der Waals surface area contributed by atoms with Crippen LogP contribution < -0.4 is 5.32 Å². The lowest BCUT2D eigenvalue weighted by molar-refractivity contribution is 0.533. The number of nitrogens with one attached hydrogen (secondary N) is 1. The van der Waals surface area contributed by atoms with E-state index in [1.165, 1.54) is 6.07 Å². The van der Waals surface area contributed by atoms with Gasteiger partial charge in [-0.1, -0.05) is 24.6 Å². The molecule has 0 spiro atoms. The van der Waals surface area contributed by atoms with Crippen LogP contribution in [0.2, 0.25) is 5.02 Å². The molecule has 2 rings (SSSR count). The van der Waals surface area contributed by atoms with Crippen molar-refractivity contribution in [3.8, 4) is 0 Å². The smallest absolute Gasteiger partial charge is 0.127 e. The third-order valence-electron chi connectivity index (χ3n) is 2.90. The highest BCUT2D eigenvalue weighted by atomic mass is 35.5. The second-order valence-electron chi connectivity index (χ2n) is 4.30. The van der Waals surface area contributed by atoms with Crippen LogP contribution in [0.3, 0.4) is 0 Å². The minimum atomic E-state index is -0.253. The number of benzene rings is 1. The van der Waals surface area contributed by atoms with Crippen molar-refractivity contribution in [2.24, 2.45) is 0 Å². The van der Waals surface area contributed by atoms with Crippen LogP contribution in [0.1, 0.15) is 28.4 Å². The van der Waals surface area contributed by atoms with Crippen LogP contribution in [0, 0.1) is 12.7 Å². The summed E-state index contributed by atoms with van der Waals surface area (Å²) in [6.45, 7) is 4.81. The molecule has 0 saturated heterocycles. The van der Waals surface area contributed by atoms with Gasteiger partial charge in [0.25, 0.3) is 0 Å². The van der Waals surface area contributed by atoms with Crippen molar-refractivity contribution in [3.05, 3.63) is 50.7 Å². The van der Waals surface area contributed by atoms with Crippen molar-refractivity contribution >= 4 is 22.9 Å². The summed E-state index contributed by atoms with van der Waals surface area (Å²) < 4.78 is 13.8. The highest BCUT2D eigenvalue weighted by molar-refractivity contribution is 7.11. The van der Waals surface area contributed by atoms with E-state index in [4.69, 9.17) is 11.6 Å². The molecular weight excluding hydrogens is 283 g/mol. The second-order valence-corrected chi connectivity index (χ2v) is 5.97. The third-order valence-corrected chi connectivity index (χ3v) is 4.28. The van der Waals surface area contributed by atoms with Gasteiger partial charge >= 0.3 is 0 Å². The molecule has 0 aliphatic heterocycles. The molecule has 0 aliphatic carbocycles. The maximum Gasteiger partial charge on any atom is 0.127 e. The Morgan fingerprint density at radius 1 is 1.47 bits per heavy atom. The molecular formula is C14H16ClFN2S.